The predicted octanol–water partition coefficient (Wildman–Crippen LogP) is 3.45. The van der Waals surface area contributed by atoms with Crippen molar-refractivity contribution in [3.63, 3.8) is 0 Å². The van der Waals surface area contributed by atoms with E-state index in [4.69, 9.17) is 4.52 Å². The largest absolute Gasteiger partial charge is 0.366 e. The van der Waals surface area contributed by atoms with Crippen LogP contribution in [0, 0.1) is 6.92 Å². The smallest absolute Gasteiger partial charge is 0.258 e. The molecule has 3 aromatic rings. The molecule has 5 nitrogen and oxygen atoms in total. The Labute approximate surface area is 140 Å². The highest BCUT2D eigenvalue weighted by Gasteiger charge is 2.15. The minimum Gasteiger partial charge on any atom is -0.366 e. The Morgan fingerprint density at radius 3 is 2.29 bits per heavy atom. The van der Waals surface area contributed by atoms with E-state index in [1.165, 1.54) is 5.56 Å². The average Bonchev–Trinajstić information content (AvgIpc) is 3.25. The summed E-state index contributed by atoms with van der Waals surface area (Å²) in [7, 11) is 0. The number of aryl methyl sites for hydroxylation is 1. The van der Waals surface area contributed by atoms with Crippen LogP contribution in [0.1, 0.15) is 18.1 Å². The number of rotatable bonds is 3. The quantitative estimate of drug-likeness (QED) is 0.803. The maximum atomic E-state index is 5.39. The van der Waals surface area contributed by atoms with Gasteiger partial charge in [-0.05, 0) is 26.0 Å². The first-order valence-corrected chi connectivity index (χ1v) is 8.01. The Kier molecular flexibility index (Phi) is 3.61. The summed E-state index contributed by atoms with van der Waals surface area (Å²) in [6, 6.07) is 16.5. The van der Waals surface area contributed by atoms with E-state index in [0.29, 0.717) is 17.8 Å². The van der Waals surface area contributed by atoms with Gasteiger partial charge in [0.25, 0.3) is 5.89 Å². The van der Waals surface area contributed by atoms with Crippen molar-refractivity contribution in [3.05, 3.63) is 59.7 Å². The average molecular weight is 318 g/mol. The van der Waals surface area contributed by atoms with Gasteiger partial charge in [-0.2, -0.15) is 4.98 Å². The normalized spacial score (nSPS) is 16.8. The number of hydrogen-bond donors (Lipinski definition) is 1. The highest BCUT2D eigenvalue weighted by Crippen LogP contribution is 2.23. The van der Waals surface area contributed by atoms with E-state index in [2.05, 4.69) is 34.3 Å². The molecule has 4 rings (SSSR count). The molecule has 24 heavy (non-hydrogen) atoms. The number of aliphatic imine (C=N–C) groups is 1. The lowest BCUT2D eigenvalue weighted by atomic mass is 10.1. The molecule has 2 aromatic carbocycles. The van der Waals surface area contributed by atoms with Crippen molar-refractivity contribution in [2.24, 2.45) is 4.99 Å². The van der Waals surface area contributed by atoms with Crippen LogP contribution >= 0.6 is 0 Å². The standard InChI is InChI=1S/C19H18N4O/c1-12-3-5-16(6-4-12)19-22-18(23-24-19)15-9-7-14(8-10-15)17-20-11-13(2)21-17/h3-10,13H,11H2,1-2H3,(H,20,21). The number of aromatic nitrogens is 2. The van der Waals surface area contributed by atoms with Gasteiger partial charge in [-0.25, -0.2) is 0 Å². The zero-order valence-corrected chi connectivity index (χ0v) is 13.7. The molecule has 1 unspecified atom stereocenters. The molecule has 2 heterocycles. The van der Waals surface area contributed by atoms with Crippen molar-refractivity contribution in [1.29, 1.82) is 0 Å². The number of benzene rings is 2. The first-order chi connectivity index (χ1) is 11.7. The zero-order chi connectivity index (χ0) is 16.5. The SMILES string of the molecule is Cc1ccc(-c2nc(-c3ccc(C4=NCC(C)N4)cc3)no2)cc1. The summed E-state index contributed by atoms with van der Waals surface area (Å²) >= 11 is 0. The molecule has 0 spiro atoms. The Morgan fingerprint density at radius 2 is 1.62 bits per heavy atom. The van der Waals surface area contributed by atoms with Gasteiger partial charge in [-0.3, -0.25) is 4.99 Å². The second-order valence-corrected chi connectivity index (χ2v) is 6.10. The molecule has 1 aliphatic rings. The minimum absolute atomic E-state index is 0.397. The van der Waals surface area contributed by atoms with Gasteiger partial charge in [-0.15, -0.1) is 0 Å². The second-order valence-electron chi connectivity index (χ2n) is 6.10. The molecule has 0 saturated heterocycles. The predicted molar refractivity (Wildman–Crippen MR) is 93.9 cm³/mol. The van der Waals surface area contributed by atoms with Gasteiger partial charge in [-0.1, -0.05) is 47.1 Å². The number of hydrogen-bond acceptors (Lipinski definition) is 5. The third-order valence-electron chi connectivity index (χ3n) is 4.05. The molecular formula is C19H18N4O. The third kappa shape index (κ3) is 2.80. The highest BCUT2D eigenvalue weighted by molar-refractivity contribution is 6.00. The molecule has 0 radical (unpaired) electrons. The molecule has 0 fully saturated rings. The van der Waals surface area contributed by atoms with Crippen molar-refractivity contribution >= 4 is 5.84 Å². The summed E-state index contributed by atoms with van der Waals surface area (Å²) < 4.78 is 5.39. The van der Waals surface area contributed by atoms with E-state index in [9.17, 15) is 0 Å². The van der Waals surface area contributed by atoms with Crippen LogP contribution in [0.15, 0.2) is 58.0 Å². The number of nitrogens with one attached hydrogen (secondary N) is 1. The molecule has 0 bridgehead atoms. The molecule has 0 aliphatic carbocycles. The number of nitrogens with zero attached hydrogens (tertiary/aromatic N) is 3. The van der Waals surface area contributed by atoms with E-state index in [0.717, 1.165) is 29.1 Å². The van der Waals surface area contributed by atoms with Crippen LogP contribution in [0.2, 0.25) is 0 Å². The Morgan fingerprint density at radius 1 is 0.958 bits per heavy atom. The monoisotopic (exact) mass is 318 g/mol. The summed E-state index contributed by atoms with van der Waals surface area (Å²) in [4.78, 5) is 8.99. The molecular weight excluding hydrogens is 300 g/mol. The van der Waals surface area contributed by atoms with E-state index in [1.807, 2.05) is 48.5 Å². The van der Waals surface area contributed by atoms with Crippen molar-refractivity contribution in [2.45, 2.75) is 19.9 Å². The van der Waals surface area contributed by atoms with E-state index < -0.39 is 0 Å². The highest BCUT2D eigenvalue weighted by atomic mass is 16.5. The topological polar surface area (TPSA) is 63.3 Å². The van der Waals surface area contributed by atoms with Crippen LogP contribution in [-0.2, 0) is 0 Å². The van der Waals surface area contributed by atoms with Crippen LogP contribution < -0.4 is 5.32 Å². The van der Waals surface area contributed by atoms with Gasteiger partial charge in [0.1, 0.15) is 5.84 Å². The zero-order valence-electron chi connectivity index (χ0n) is 13.7. The van der Waals surface area contributed by atoms with Crippen molar-refractivity contribution < 1.29 is 4.52 Å². The second kappa shape index (κ2) is 5.92. The Bertz CT molecular complexity index is 878. The van der Waals surface area contributed by atoms with Gasteiger partial charge in [0.2, 0.25) is 5.82 Å². The summed E-state index contributed by atoms with van der Waals surface area (Å²) in [5, 5.41) is 7.45. The molecule has 1 atom stereocenters. The lowest BCUT2D eigenvalue weighted by Crippen LogP contribution is -2.27. The van der Waals surface area contributed by atoms with Gasteiger partial charge in [0.15, 0.2) is 0 Å². The first kappa shape index (κ1) is 14.6. The van der Waals surface area contributed by atoms with Crippen LogP contribution in [0.4, 0.5) is 0 Å². The van der Waals surface area contributed by atoms with E-state index in [-0.39, 0.29) is 0 Å². The van der Waals surface area contributed by atoms with Crippen LogP contribution in [0.3, 0.4) is 0 Å². The van der Waals surface area contributed by atoms with E-state index >= 15 is 0 Å². The van der Waals surface area contributed by atoms with Crippen LogP contribution in [0.5, 0.6) is 0 Å². The Balaban J connectivity index is 1.57. The third-order valence-corrected chi connectivity index (χ3v) is 4.05. The van der Waals surface area contributed by atoms with Gasteiger partial charge in [0.05, 0.1) is 6.54 Å². The van der Waals surface area contributed by atoms with Crippen molar-refractivity contribution in [2.75, 3.05) is 6.54 Å². The Hall–Kier alpha value is -2.95. The number of amidine groups is 1. The van der Waals surface area contributed by atoms with Crippen molar-refractivity contribution in [3.8, 4) is 22.8 Å². The lowest BCUT2D eigenvalue weighted by Gasteiger charge is -2.06. The summed E-state index contributed by atoms with van der Waals surface area (Å²) in [5.41, 5.74) is 4.12. The van der Waals surface area contributed by atoms with Gasteiger partial charge >= 0.3 is 0 Å². The van der Waals surface area contributed by atoms with E-state index in [1.54, 1.807) is 0 Å². The molecule has 5 heteroatoms. The summed E-state index contributed by atoms with van der Waals surface area (Å²) in [5.74, 6) is 2.07. The maximum absolute atomic E-state index is 5.39. The maximum Gasteiger partial charge on any atom is 0.258 e. The fourth-order valence-electron chi connectivity index (χ4n) is 2.66. The fraction of sp³-hybridized carbons (Fsp3) is 0.211. The molecule has 120 valence electrons. The summed E-state index contributed by atoms with van der Waals surface area (Å²) in [6.45, 7) is 4.99. The molecule has 1 aromatic heterocycles. The first-order valence-electron chi connectivity index (χ1n) is 8.01. The fourth-order valence-corrected chi connectivity index (χ4v) is 2.66. The van der Waals surface area contributed by atoms with Gasteiger partial charge in [0, 0.05) is 22.7 Å². The molecule has 0 amide bonds. The van der Waals surface area contributed by atoms with Gasteiger partial charge < -0.3 is 9.84 Å². The minimum atomic E-state index is 0.397. The van der Waals surface area contributed by atoms with Crippen LogP contribution in [0.25, 0.3) is 22.8 Å². The molecule has 1 N–H and O–H groups in total. The van der Waals surface area contributed by atoms with Crippen LogP contribution in [-0.4, -0.2) is 28.6 Å². The lowest BCUT2D eigenvalue weighted by molar-refractivity contribution is 0.432. The summed E-state index contributed by atoms with van der Waals surface area (Å²) in [6.07, 6.45) is 0. The molecule has 0 saturated carbocycles. The molecule has 1 aliphatic heterocycles. The van der Waals surface area contributed by atoms with Crippen molar-refractivity contribution in [1.82, 2.24) is 15.5 Å².